The molecule has 0 bridgehead atoms. The van der Waals surface area contributed by atoms with Gasteiger partial charge in [0.2, 0.25) is 20.8 Å². The summed E-state index contributed by atoms with van der Waals surface area (Å²) in [5, 5.41) is 54.3. The molecular weight excluding hydrogens is 1380 g/mol. The topological polar surface area (TPSA) is 560 Å². The van der Waals surface area contributed by atoms with Gasteiger partial charge in [-0.3, -0.25) is 8.37 Å². The Bertz CT molecular complexity index is 4100. The molecule has 3 radical (unpaired) electrons. The number of phenolic OH excluding ortho intramolecular Hbond substituents is 4. The average molecular weight is 1410 g/mol. The van der Waals surface area contributed by atoms with E-state index in [0.717, 1.165) is 60.7 Å². The number of hydrogen-bond acceptors (Lipinski definition) is 32. The van der Waals surface area contributed by atoms with E-state index in [0.29, 0.717) is 24.3 Å². The zero-order valence-corrected chi connectivity index (χ0v) is 46.8. The predicted molar refractivity (Wildman–Crippen MR) is 243 cm³/mol. The van der Waals surface area contributed by atoms with Crippen molar-refractivity contribution in [3.8, 4) is 23.0 Å². The largest absolute Gasteiger partial charge is 2.00 e. The molecule has 439 valence electrons. The maximum atomic E-state index is 12.2. The summed E-state index contributed by atoms with van der Waals surface area (Å²) in [6, 6.07) is 11.2. The van der Waals surface area contributed by atoms with E-state index in [-0.39, 0.29) is 72.8 Å². The number of azo groups is 2. The van der Waals surface area contributed by atoms with Crippen molar-refractivity contribution < 1.29 is 175 Å². The quantitative estimate of drug-likeness (QED) is 0.0409. The normalized spacial score (nSPS) is 12.8. The number of nitrogens with zero attached hydrogens (tertiary/aromatic N) is 4. The number of rotatable bonds is 18. The minimum atomic E-state index is -5.37. The molecule has 0 heterocycles. The first-order valence-electron chi connectivity index (χ1n) is 19.2. The molecule has 43 heteroatoms. The Labute approximate surface area is 478 Å². The van der Waals surface area contributed by atoms with Crippen LogP contribution in [0.25, 0.3) is 21.5 Å². The number of hydrogen-bond donors (Lipinski definition) is 4. The summed E-state index contributed by atoms with van der Waals surface area (Å²) >= 11 is 0. The SMILES string of the molecule is O=S(=O)([O-])OCCS(=O)(=O)c1ccc(N=Nc2c(S(=O)(=O)[O-])cc3cc(S(=O)(=O)[O-])ccc3c2O)c(O)c1.O=S(=O)([O-])OCCS(=O)(=O)c1ccc(N=Nc2c(S(=O)(=O)[O-])cc3cc(S(=O)(=O)[O-])ccc3c2O)c(O)c1.[Cu+2].[Cu+2].[Cu+2]. The summed E-state index contributed by atoms with van der Waals surface area (Å²) in [6.07, 6.45) is 0. The Morgan fingerprint density at radius 2 is 0.684 bits per heavy atom. The van der Waals surface area contributed by atoms with Crippen molar-refractivity contribution in [1.29, 1.82) is 0 Å². The maximum Gasteiger partial charge on any atom is 2.00 e. The van der Waals surface area contributed by atoms with Crippen molar-refractivity contribution in [3.05, 3.63) is 84.9 Å². The van der Waals surface area contributed by atoms with E-state index < -0.39 is 181 Å². The first-order valence-corrected chi connectivity index (χ1v) is 30.8. The van der Waals surface area contributed by atoms with Gasteiger partial charge in [0, 0.05) is 22.9 Å². The van der Waals surface area contributed by atoms with Crippen LogP contribution in [0, 0.1) is 0 Å². The summed E-state index contributed by atoms with van der Waals surface area (Å²) in [5.41, 5.74) is -2.75. The Hall–Kier alpha value is -4.92. The minimum absolute atomic E-state index is 0. The van der Waals surface area contributed by atoms with Crippen LogP contribution in [0.2, 0.25) is 0 Å². The average Bonchev–Trinajstić information content (AvgIpc) is 3.26. The van der Waals surface area contributed by atoms with Gasteiger partial charge in [-0.1, -0.05) is 0 Å². The fraction of sp³-hybridized carbons (Fsp3) is 0.111. The van der Waals surface area contributed by atoms with Gasteiger partial charge in [-0.15, -0.1) is 20.5 Å². The van der Waals surface area contributed by atoms with Gasteiger partial charge in [0.25, 0.3) is 0 Å². The third-order valence-electron chi connectivity index (χ3n) is 9.45. The van der Waals surface area contributed by atoms with Crippen LogP contribution in [-0.2, 0) is 141 Å². The van der Waals surface area contributed by atoms with Crippen LogP contribution in [0.3, 0.4) is 0 Å². The smallest absolute Gasteiger partial charge is 0.744 e. The second-order valence-electron chi connectivity index (χ2n) is 14.5. The molecule has 0 saturated heterocycles. The molecular formula is C36H26Cu3N4O28S8. The number of phenols is 4. The van der Waals surface area contributed by atoms with Crippen LogP contribution in [-0.4, -0.2) is 140 Å². The third-order valence-corrected chi connectivity index (χ3v) is 17.1. The van der Waals surface area contributed by atoms with Crippen LogP contribution in [0.5, 0.6) is 23.0 Å². The van der Waals surface area contributed by atoms with Gasteiger partial charge in [-0.05, 0) is 83.6 Å². The maximum absolute atomic E-state index is 12.2. The molecule has 0 aromatic heterocycles. The van der Waals surface area contributed by atoms with Crippen molar-refractivity contribution in [2.45, 2.75) is 29.4 Å². The van der Waals surface area contributed by atoms with Gasteiger partial charge >= 0.3 is 51.2 Å². The standard InChI is InChI=1S/2C18H16N2O14S4.3Cu/c2*21-15-9-11(35(23,24)6-5-34-38(31,32)33)2-4-14(15)19-20-17-16(37(28,29)30)8-10-7-12(36(25,26)27)1-3-13(10)18(17)22;;;/h2*1-4,7-9,21-22H,5-6H2,(H,25,26,27)(H,28,29,30)(H,31,32,33);;;/q;;3*+2/p-6. The van der Waals surface area contributed by atoms with Gasteiger partial charge in [0.15, 0.2) is 31.2 Å². The molecule has 0 unspecified atom stereocenters. The molecule has 0 aliphatic heterocycles. The van der Waals surface area contributed by atoms with Crippen molar-refractivity contribution in [3.63, 3.8) is 0 Å². The number of sulfone groups is 2. The molecule has 4 N–H and O–H groups in total. The van der Waals surface area contributed by atoms with Crippen LogP contribution in [0.4, 0.5) is 22.7 Å². The summed E-state index contributed by atoms with van der Waals surface area (Å²) in [6.45, 7) is -1.99. The summed E-state index contributed by atoms with van der Waals surface area (Å²) < 4.78 is 257. The number of benzene rings is 6. The number of fused-ring (bicyclic) bond motifs is 2. The van der Waals surface area contributed by atoms with E-state index in [1.54, 1.807) is 0 Å². The monoisotopic (exact) mass is 1410 g/mol. The summed E-state index contributed by atoms with van der Waals surface area (Å²) in [5.74, 6) is -5.43. The van der Waals surface area contributed by atoms with Crippen molar-refractivity contribution in [1.82, 2.24) is 0 Å². The fourth-order valence-corrected chi connectivity index (χ4v) is 11.3. The van der Waals surface area contributed by atoms with E-state index >= 15 is 0 Å². The second-order valence-corrected chi connectivity index (χ2v) is 26.3. The van der Waals surface area contributed by atoms with Crippen LogP contribution in [0.15, 0.2) is 135 Å². The molecule has 79 heavy (non-hydrogen) atoms. The summed E-state index contributed by atoms with van der Waals surface area (Å²) in [7, 11) is -39.4. The molecule has 0 aliphatic rings. The molecule has 6 rings (SSSR count). The Morgan fingerprint density at radius 1 is 0.380 bits per heavy atom. The first kappa shape index (κ1) is 70.2. The summed E-state index contributed by atoms with van der Waals surface area (Å²) in [4.78, 5) is -4.93. The molecule has 6 aromatic rings. The van der Waals surface area contributed by atoms with E-state index in [1.165, 1.54) is 0 Å². The first-order chi connectivity index (χ1) is 34.6. The van der Waals surface area contributed by atoms with Crippen LogP contribution >= 0.6 is 0 Å². The molecule has 0 aliphatic carbocycles. The van der Waals surface area contributed by atoms with Crippen LogP contribution in [0.1, 0.15) is 0 Å². The molecule has 0 atom stereocenters. The Balaban J connectivity index is 0.000000520. The van der Waals surface area contributed by atoms with Gasteiger partial charge in [0.1, 0.15) is 74.7 Å². The molecule has 0 spiro atoms. The Morgan fingerprint density at radius 3 is 0.949 bits per heavy atom. The van der Waals surface area contributed by atoms with Crippen molar-refractivity contribution in [2.24, 2.45) is 20.5 Å². The zero-order valence-electron chi connectivity index (χ0n) is 37.5. The Kier molecular flexibility index (Phi) is 23.0. The molecule has 0 fully saturated rings. The predicted octanol–water partition coefficient (Wildman–Crippen LogP) is 1.44. The van der Waals surface area contributed by atoms with Crippen molar-refractivity contribution >= 4 is 125 Å². The number of aromatic hydroxyl groups is 4. The van der Waals surface area contributed by atoms with Crippen molar-refractivity contribution in [2.75, 3.05) is 24.7 Å². The van der Waals surface area contributed by atoms with E-state index in [4.69, 9.17) is 0 Å². The zero-order chi connectivity index (χ0) is 57.4. The van der Waals surface area contributed by atoms with Crippen LogP contribution < -0.4 is 0 Å². The molecule has 0 amide bonds. The third kappa shape index (κ3) is 18.5. The molecule has 6 aromatic carbocycles. The molecule has 32 nitrogen and oxygen atoms in total. The molecule has 0 saturated carbocycles. The van der Waals surface area contributed by atoms with Gasteiger partial charge in [0.05, 0.1) is 54.1 Å². The van der Waals surface area contributed by atoms with Gasteiger partial charge in [-0.25, -0.2) is 67.3 Å². The van der Waals surface area contributed by atoms with Gasteiger partial charge in [-0.2, -0.15) is 0 Å². The van der Waals surface area contributed by atoms with E-state index in [9.17, 15) is 115 Å². The fourth-order valence-electron chi connectivity index (χ4n) is 6.04. The van der Waals surface area contributed by atoms with Gasteiger partial charge < -0.3 is 47.7 Å². The van der Waals surface area contributed by atoms with E-state index in [1.807, 2.05) is 0 Å². The minimum Gasteiger partial charge on any atom is -0.744 e. The second kappa shape index (κ2) is 25.9. The van der Waals surface area contributed by atoms with E-state index in [2.05, 4.69) is 28.8 Å².